The van der Waals surface area contributed by atoms with E-state index in [0.29, 0.717) is 33.7 Å². The van der Waals surface area contributed by atoms with E-state index in [1.54, 1.807) is 53.7 Å². The van der Waals surface area contributed by atoms with Gasteiger partial charge >= 0.3 is 17.9 Å². The number of hydrogen-bond donors (Lipinski definition) is 1. The van der Waals surface area contributed by atoms with Crippen molar-refractivity contribution in [2.24, 2.45) is 0 Å². The van der Waals surface area contributed by atoms with E-state index in [0.717, 1.165) is 0 Å². The average molecular weight is 442 g/mol. The number of carbonyl (C=O) groups is 3. The summed E-state index contributed by atoms with van der Waals surface area (Å²) >= 11 is 0. The first kappa shape index (κ1) is 24.9. The van der Waals surface area contributed by atoms with E-state index >= 15 is 0 Å². The van der Waals surface area contributed by atoms with Crippen molar-refractivity contribution in [3.05, 3.63) is 64.0 Å². The number of benzene rings is 1. The summed E-state index contributed by atoms with van der Waals surface area (Å²) < 4.78 is 15.7. The fraction of sp³-hybridized carbons (Fsp3) is 0.400. The van der Waals surface area contributed by atoms with Crippen molar-refractivity contribution in [3.63, 3.8) is 0 Å². The molecule has 0 bridgehead atoms. The van der Waals surface area contributed by atoms with E-state index in [1.165, 1.54) is 13.2 Å². The normalized spacial score (nSPS) is 16.7. The van der Waals surface area contributed by atoms with Crippen molar-refractivity contribution in [2.75, 3.05) is 13.7 Å². The molecular weight excluding hydrogens is 410 g/mol. The molecule has 1 unspecified atom stereocenters. The van der Waals surface area contributed by atoms with Gasteiger partial charge in [-0.15, -0.1) is 0 Å². The summed E-state index contributed by atoms with van der Waals surface area (Å²) in [6.45, 7) is 10.8. The van der Waals surface area contributed by atoms with E-state index in [2.05, 4.69) is 5.32 Å². The highest BCUT2D eigenvalue weighted by molar-refractivity contribution is 6.00. The molecule has 0 aromatic heterocycles. The van der Waals surface area contributed by atoms with Gasteiger partial charge in [0.25, 0.3) is 0 Å². The Morgan fingerprint density at radius 2 is 1.62 bits per heavy atom. The van der Waals surface area contributed by atoms with Crippen LogP contribution >= 0.6 is 0 Å². The molecule has 32 heavy (non-hydrogen) atoms. The zero-order valence-electron chi connectivity index (χ0n) is 19.7. The Balaban J connectivity index is 2.64. The van der Waals surface area contributed by atoms with Gasteiger partial charge in [-0.1, -0.05) is 24.3 Å². The van der Waals surface area contributed by atoms with Gasteiger partial charge in [0.2, 0.25) is 0 Å². The third kappa shape index (κ3) is 5.87. The molecule has 1 aromatic rings. The molecule has 0 spiro atoms. The standard InChI is InChI=1S/C25H31NO6/c1-8-31-24(29)21-16(3)26-15(2)20(23(28)30-7)22(21)18-12-10-9-11-17(18)13-14-19(27)32-25(4,5)6/h9-14,22,26H,8H2,1-7H3. The minimum absolute atomic E-state index is 0.193. The quantitative estimate of drug-likeness (QED) is 0.405. The fourth-order valence-corrected chi connectivity index (χ4v) is 3.58. The van der Waals surface area contributed by atoms with E-state index in [-0.39, 0.29) is 6.61 Å². The second-order valence-electron chi connectivity index (χ2n) is 8.34. The van der Waals surface area contributed by atoms with Crippen LogP contribution in [0.25, 0.3) is 6.08 Å². The maximum atomic E-state index is 12.9. The summed E-state index contributed by atoms with van der Waals surface area (Å²) in [7, 11) is 1.29. The number of ether oxygens (including phenoxy) is 3. The molecular formula is C25H31NO6. The molecule has 2 rings (SSSR count). The summed E-state index contributed by atoms with van der Waals surface area (Å²) in [6.07, 6.45) is 2.95. The summed E-state index contributed by atoms with van der Waals surface area (Å²) in [4.78, 5) is 37.9. The molecule has 7 nitrogen and oxygen atoms in total. The highest BCUT2D eigenvalue weighted by Gasteiger charge is 2.38. The van der Waals surface area contributed by atoms with Crippen LogP contribution in [0, 0.1) is 0 Å². The summed E-state index contributed by atoms with van der Waals surface area (Å²) in [5.74, 6) is -2.31. The van der Waals surface area contributed by atoms with Gasteiger partial charge < -0.3 is 19.5 Å². The average Bonchev–Trinajstić information content (AvgIpc) is 2.70. The monoisotopic (exact) mass is 441 g/mol. The van der Waals surface area contributed by atoms with Crippen molar-refractivity contribution in [1.82, 2.24) is 5.32 Å². The number of hydrogen-bond acceptors (Lipinski definition) is 7. The third-order valence-corrected chi connectivity index (χ3v) is 4.77. The molecule has 0 saturated heterocycles. The van der Waals surface area contributed by atoms with Crippen LogP contribution in [0.3, 0.4) is 0 Å². The van der Waals surface area contributed by atoms with Crippen molar-refractivity contribution >= 4 is 24.0 Å². The Labute approximate surface area is 189 Å². The molecule has 0 aliphatic carbocycles. The molecule has 172 valence electrons. The minimum Gasteiger partial charge on any atom is -0.466 e. The lowest BCUT2D eigenvalue weighted by Gasteiger charge is -2.31. The van der Waals surface area contributed by atoms with Gasteiger partial charge in [0.05, 0.1) is 30.8 Å². The molecule has 0 radical (unpaired) electrons. The largest absolute Gasteiger partial charge is 0.466 e. The van der Waals surface area contributed by atoms with E-state index in [4.69, 9.17) is 14.2 Å². The number of dihydropyridines is 1. The van der Waals surface area contributed by atoms with Crippen molar-refractivity contribution in [3.8, 4) is 0 Å². The topological polar surface area (TPSA) is 90.9 Å². The van der Waals surface area contributed by atoms with Gasteiger partial charge in [0.1, 0.15) is 5.60 Å². The second-order valence-corrected chi connectivity index (χ2v) is 8.34. The fourth-order valence-electron chi connectivity index (χ4n) is 3.58. The molecule has 0 amide bonds. The van der Waals surface area contributed by atoms with Crippen LogP contribution in [0.2, 0.25) is 0 Å². The number of esters is 3. The number of rotatable bonds is 6. The molecule has 0 saturated carbocycles. The van der Waals surface area contributed by atoms with Crippen LogP contribution in [0.4, 0.5) is 0 Å². The lowest BCUT2D eigenvalue weighted by atomic mass is 9.78. The molecule has 1 aromatic carbocycles. The first-order valence-electron chi connectivity index (χ1n) is 10.4. The van der Waals surface area contributed by atoms with Gasteiger partial charge in [-0.25, -0.2) is 14.4 Å². The zero-order valence-corrected chi connectivity index (χ0v) is 19.7. The smallest absolute Gasteiger partial charge is 0.336 e. The first-order valence-corrected chi connectivity index (χ1v) is 10.4. The van der Waals surface area contributed by atoms with Crippen LogP contribution in [-0.4, -0.2) is 37.2 Å². The molecule has 0 fully saturated rings. The highest BCUT2D eigenvalue weighted by atomic mass is 16.6. The van der Waals surface area contributed by atoms with Gasteiger partial charge in [0.15, 0.2) is 0 Å². The Morgan fingerprint density at radius 1 is 1.03 bits per heavy atom. The predicted molar refractivity (Wildman–Crippen MR) is 121 cm³/mol. The Kier molecular flexibility index (Phi) is 8.02. The van der Waals surface area contributed by atoms with Crippen molar-refractivity contribution in [1.29, 1.82) is 0 Å². The Bertz CT molecular complexity index is 994. The lowest BCUT2D eigenvalue weighted by molar-refractivity contribution is -0.148. The molecule has 7 heteroatoms. The zero-order chi connectivity index (χ0) is 24.1. The number of allylic oxidation sites excluding steroid dienone is 2. The SMILES string of the molecule is CCOC(=O)C1=C(C)NC(C)=C(C(=O)OC)C1c1ccccc1C=CC(=O)OC(C)(C)C. The second kappa shape index (κ2) is 10.3. The maximum Gasteiger partial charge on any atom is 0.336 e. The Morgan fingerprint density at radius 3 is 2.19 bits per heavy atom. The molecule has 1 atom stereocenters. The summed E-state index contributed by atoms with van der Waals surface area (Å²) in [6, 6.07) is 7.24. The van der Waals surface area contributed by atoms with Gasteiger partial charge in [-0.3, -0.25) is 0 Å². The van der Waals surface area contributed by atoms with Crippen LogP contribution in [0.5, 0.6) is 0 Å². The summed E-state index contributed by atoms with van der Waals surface area (Å²) in [5, 5.41) is 3.09. The van der Waals surface area contributed by atoms with E-state index < -0.39 is 29.4 Å². The van der Waals surface area contributed by atoms with Gasteiger partial charge in [-0.05, 0) is 58.7 Å². The van der Waals surface area contributed by atoms with Crippen molar-refractivity contribution < 1.29 is 28.6 Å². The van der Waals surface area contributed by atoms with E-state index in [1.807, 2.05) is 18.2 Å². The molecule has 1 heterocycles. The van der Waals surface area contributed by atoms with Crippen LogP contribution < -0.4 is 5.32 Å². The molecule has 1 N–H and O–H groups in total. The number of methoxy groups -OCH3 is 1. The molecule has 1 aliphatic heterocycles. The van der Waals surface area contributed by atoms with Gasteiger partial charge in [-0.2, -0.15) is 0 Å². The van der Waals surface area contributed by atoms with Crippen molar-refractivity contribution in [2.45, 2.75) is 53.1 Å². The van der Waals surface area contributed by atoms with E-state index in [9.17, 15) is 14.4 Å². The molecule has 1 aliphatic rings. The van der Waals surface area contributed by atoms with Crippen LogP contribution in [-0.2, 0) is 28.6 Å². The Hall–Kier alpha value is -3.35. The minimum atomic E-state index is -0.734. The third-order valence-electron chi connectivity index (χ3n) is 4.77. The van der Waals surface area contributed by atoms with Crippen LogP contribution in [0.15, 0.2) is 52.9 Å². The lowest BCUT2D eigenvalue weighted by Crippen LogP contribution is -2.32. The number of carbonyl (C=O) groups excluding carboxylic acids is 3. The number of nitrogens with one attached hydrogen (secondary N) is 1. The van der Waals surface area contributed by atoms with Crippen LogP contribution in [0.1, 0.15) is 58.6 Å². The summed E-state index contributed by atoms with van der Waals surface area (Å²) in [5.41, 5.74) is 2.49. The predicted octanol–water partition coefficient (Wildman–Crippen LogP) is 4.01. The maximum absolute atomic E-state index is 12.9. The first-order chi connectivity index (χ1) is 15.0. The van der Waals surface area contributed by atoms with Gasteiger partial charge in [0, 0.05) is 17.5 Å². The highest BCUT2D eigenvalue weighted by Crippen LogP contribution is 2.40.